The normalized spacial score (nSPS) is 22.4. The minimum Gasteiger partial charge on any atom is -0.352 e. The lowest BCUT2D eigenvalue weighted by molar-refractivity contribution is -0.126. The highest BCUT2D eigenvalue weighted by Crippen LogP contribution is 2.24. The van der Waals surface area contributed by atoms with E-state index in [1.54, 1.807) is 12.1 Å². The molecule has 0 bridgehead atoms. The van der Waals surface area contributed by atoms with Crippen LogP contribution in [0, 0.1) is 12.8 Å². The van der Waals surface area contributed by atoms with Crippen molar-refractivity contribution in [2.45, 2.75) is 37.1 Å². The first-order valence-electron chi connectivity index (χ1n) is 8.55. The van der Waals surface area contributed by atoms with Gasteiger partial charge < -0.3 is 10.6 Å². The Morgan fingerprint density at radius 3 is 2.36 bits per heavy atom. The maximum absolute atomic E-state index is 12.7. The van der Waals surface area contributed by atoms with Gasteiger partial charge in [-0.1, -0.05) is 17.7 Å². The molecule has 0 aromatic heterocycles. The fourth-order valence-corrected chi connectivity index (χ4v) is 4.78. The van der Waals surface area contributed by atoms with Crippen LogP contribution in [0.3, 0.4) is 0 Å². The number of amides is 1. The predicted molar refractivity (Wildman–Crippen MR) is 99.3 cm³/mol. The van der Waals surface area contributed by atoms with Crippen molar-refractivity contribution in [3.63, 3.8) is 0 Å². The monoisotopic (exact) mass is 387 g/mol. The van der Waals surface area contributed by atoms with Crippen LogP contribution in [0.2, 0.25) is 0 Å². The number of sulfonamides is 1. The van der Waals surface area contributed by atoms with Crippen LogP contribution < -0.4 is 10.6 Å². The maximum atomic E-state index is 12.7. The summed E-state index contributed by atoms with van der Waals surface area (Å²) in [6, 6.07) is 7.13. The third-order valence-corrected chi connectivity index (χ3v) is 6.80. The molecule has 2 aliphatic heterocycles. The first-order chi connectivity index (χ1) is 11.5. The van der Waals surface area contributed by atoms with Gasteiger partial charge in [-0.05, 0) is 44.9 Å². The Bertz CT molecular complexity index is 680. The van der Waals surface area contributed by atoms with E-state index in [0.29, 0.717) is 30.8 Å². The highest BCUT2D eigenvalue weighted by Gasteiger charge is 2.32. The van der Waals surface area contributed by atoms with Gasteiger partial charge in [0, 0.05) is 31.6 Å². The van der Waals surface area contributed by atoms with Crippen molar-refractivity contribution in [1.82, 2.24) is 14.9 Å². The minimum absolute atomic E-state index is 0. The molecule has 2 heterocycles. The second-order valence-electron chi connectivity index (χ2n) is 6.69. The van der Waals surface area contributed by atoms with Crippen molar-refractivity contribution >= 4 is 28.3 Å². The van der Waals surface area contributed by atoms with Gasteiger partial charge in [-0.15, -0.1) is 12.4 Å². The zero-order chi connectivity index (χ0) is 17.2. The van der Waals surface area contributed by atoms with Crippen LogP contribution in [0.1, 0.15) is 24.8 Å². The van der Waals surface area contributed by atoms with Gasteiger partial charge in [0.25, 0.3) is 0 Å². The molecule has 1 aromatic carbocycles. The van der Waals surface area contributed by atoms with E-state index in [1.807, 2.05) is 19.1 Å². The average molecular weight is 388 g/mol. The van der Waals surface area contributed by atoms with Gasteiger partial charge in [0.2, 0.25) is 15.9 Å². The molecule has 2 saturated heterocycles. The van der Waals surface area contributed by atoms with Gasteiger partial charge >= 0.3 is 0 Å². The first kappa shape index (κ1) is 20.2. The van der Waals surface area contributed by atoms with Crippen LogP contribution in [0.25, 0.3) is 0 Å². The number of piperidine rings is 1. The smallest absolute Gasteiger partial charge is 0.243 e. The Balaban J connectivity index is 0.00000225. The second-order valence-corrected chi connectivity index (χ2v) is 8.63. The third-order valence-electron chi connectivity index (χ3n) is 4.89. The lowest BCUT2D eigenvalue weighted by Gasteiger charge is -2.31. The number of carbonyl (C=O) groups excluding carboxylic acids is 1. The molecule has 2 fully saturated rings. The molecular formula is C17H26ClN3O3S. The van der Waals surface area contributed by atoms with E-state index in [-0.39, 0.29) is 30.3 Å². The number of hydrogen-bond acceptors (Lipinski definition) is 4. The summed E-state index contributed by atoms with van der Waals surface area (Å²) >= 11 is 0. The summed E-state index contributed by atoms with van der Waals surface area (Å²) in [7, 11) is -3.46. The molecule has 0 spiro atoms. The Kier molecular flexibility index (Phi) is 6.85. The highest BCUT2D eigenvalue weighted by molar-refractivity contribution is 7.89. The summed E-state index contributed by atoms with van der Waals surface area (Å²) < 4.78 is 26.8. The number of carbonyl (C=O) groups is 1. The number of hydrogen-bond donors (Lipinski definition) is 2. The lowest BCUT2D eigenvalue weighted by Crippen LogP contribution is -2.45. The molecule has 8 heteroatoms. The van der Waals surface area contributed by atoms with Crippen molar-refractivity contribution in [2.24, 2.45) is 5.92 Å². The molecule has 2 aliphatic rings. The van der Waals surface area contributed by atoms with Crippen molar-refractivity contribution in [2.75, 3.05) is 26.2 Å². The largest absolute Gasteiger partial charge is 0.352 e. The van der Waals surface area contributed by atoms with E-state index in [9.17, 15) is 13.2 Å². The van der Waals surface area contributed by atoms with Gasteiger partial charge in [-0.2, -0.15) is 4.31 Å². The molecule has 140 valence electrons. The lowest BCUT2D eigenvalue weighted by atomic mass is 9.97. The summed E-state index contributed by atoms with van der Waals surface area (Å²) in [5.74, 6) is -0.0221. The standard InChI is InChI=1S/C17H25N3O3S.ClH/c1-13-2-4-16(5-3-13)24(22,23)20-10-7-14(8-11-20)17(21)19-15-6-9-18-12-15;/h2-5,14-15,18H,6-12H2,1H3,(H,19,21);1H. The summed E-state index contributed by atoms with van der Waals surface area (Å²) in [6.07, 6.45) is 2.13. The number of rotatable bonds is 4. The topological polar surface area (TPSA) is 78.5 Å². The molecule has 0 aliphatic carbocycles. The van der Waals surface area contributed by atoms with Crippen molar-refractivity contribution in [3.8, 4) is 0 Å². The predicted octanol–water partition coefficient (Wildman–Crippen LogP) is 1.30. The van der Waals surface area contributed by atoms with Crippen LogP contribution in [0.15, 0.2) is 29.2 Å². The van der Waals surface area contributed by atoms with E-state index >= 15 is 0 Å². The summed E-state index contributed by atoms with van der Waals surface area (Å²) in [5, 5.41) is 6.30. The molecule has 0 radical (unpaired) electrons. The molecule has 1 atom stereocenters. The fraction of sp³-hybridized carbons (Fsp3) is 0.588. The third kappa shape index (κ3) is 4.73. The Labute approximate surface area is 155 Å². The van der Waals surface area contributed by atoms with Gasteiger partial charge in [0.1, 0.15) is 0 Å². The Morgan fingerprint density at radius 1 is 1.16 bits per heavy atom. The average Bonchev–Trinajstić information content (AvgIpc) is 3.08. The number of nitrogens with one attached hydrogen (secondary N) is 2. The van der Waals surface area contributed by atoms with Crippen molar-refractivity contribution in [1.29, 1.82) is 0 Å². The Morgan fingerprint density at radius 2 is 1.80 bits per heavy atom. The fourth-order valence-electron chi connectivity index (χ4n) is 3.31. The molecule has 1 aromatic rings. The molecule has 1 amide bonds. The maximum Gasteiger partial charge on any atom is 0.243 e. The number of aryl methyl sites for hydroxylation is 1. The summed E-state index contributed by atoms with van der Waals surface area (Å²) in [5.41, 5.74) is 1.03. The second kappa shape index (κ2) is 8.49. The molecule has 25 heavy (non-hydrogen) atoms. The highest BCUT2D eigenvalue weighted by atomic mass is 35.5. The van der Waals surface area contributed by atoms with Gasteiger partial charge in [-0.25, -0.2) is 8.42 Å². The van der Waals surface area contributed by atoms with E-state index in [0.717, 1.165) is 25.1 Å². The van der Waals surface area contributed by atoms with Crippen LogP contribution >= 0.6 is 12.4 Å². The quantitative estimate of drug-likeness (QED) is 0.816. The van der Waals surface area contributed by atoms with Crippen molar-refractivity contribution < 1.29 is 13.2 Å². The van der Waals surface area contributed by atoms with Gasteiger partial charge in [0.15, 0.2) is 0 Å². The van der Waals surface area contributed by atoms with E-state index < -0.39 is 10.0 Å². The SMILES string of the molecule is Cc1ccc(S(=O)(=O)N2CCC(C(=O)NC3CCNC3)CC2)cc1.Cl. The van der Waals surface area contributed by atoms with Crippen LogP contribution in [0.4, 0.5) is 0 Å². The van der Waals surface area contributed by atoms with E-state index in [4.69, 9.17) is 0 Å². The van der Waals surface area contributed by atoms with Crippen LogP contribution in [-0.4, -0.2) is 50.9 Å². The molecular weight excluding hydrogens is 362 g/mol. The molecule has 6 nitrogen and oxygen atoms in total. The van der Waals surface area contributed by atoms with E-state index in [1.165, 1.54) is 4.31 Å². The van der Waals surface area contributed by atoms with Crippen LogP contribution in [-0.2, 0) is 14.8 Å². The number of benzene rings is 1. The first-order valence-corrected chi connectivity index (χ1v) is 9.99. The summed E-state index contributed by atoms with van der Waals surface area (Å²) in [6.45, 7) is 4.50. The number of halogens is 1. The molecule has 0 saturated carbocycles. The zero-order valence-corrected chi connectivity index (χ0v) is 16.0. The summed E-state index contributed by atoms with van der Waals surface area (Å²) in [4.78, 5) is 12.6. The van der Waals surface area contributed by atoms with Gasteiger partial charge in [0.05, 0.1) is 4.90 Å². The number of nitrogens with zero attached hydrogens (tertiary/aromatic N) is 1. The minimum atomic E-state index is -3.46. The molecule has 2 N–H and O–H groups in total. The van der Waals surface area contributed by atoms with Crippen molar-refractivity contribution in [3.05, 3.63) is 29.8 Å². The van der Waals surface area contributed by atoms with E-state index in [2.05, 4.69) is 10.6 Å². The Hall–Kier alpha value is -1.15. The van der Waals surface area contributed by atoms with Gasteiger partial charge in [-0.3, -0.25) is 4.79 Å². The zero-order valence-electron chi connectivity index (χ0n) is 14.4. The molecule has 3 rings (SSSR count). The van der Waals surface area contributed by atoms with Crippen LogP contribution in [0.5, 0.6) is 0 Å². The molecule has 1 unspecified atom stereocenters.